The van der Waals surface area contributed by atoms with Crippen molar-refractivity contribution in [2.45, 2.75) is 155 Å². The van der Waals surface area contributed by atoms with Crippen molar-refractivity contribution in [2.24, 2.45) is 22.1 Å². The molecule has 0 bridgehead atoms. The summed E-state index contributed by atoms with van der Waals surface area (Å²) in [6.45, 7) is 29.0. The molecule has 0 aliphatic carbocycles. The number of halogens is 6. The first-order chi connectivity index (χ1) is 61.2. The number of aromatic nitrogens is 10. The number of rotatable bonds is 14. The number of nitrogens with one attached hydrogen (secondary N) is 3. The number of fused-ring (bicyclic) bond motifs is 4. The average molecular weight is 2080 g/mol. The first kappa shape index (κ1) is 103. The Balaban J connectivity index is 0.000000156. The molecule has 13 aromatic rings. The number of ether oxygens (including phenoxy) is 1. The molecule has 18 rings (SSSR count). The number of phenolic OH excluding ortho intramolecular Hbond substituents is 1. The number of nitrogens with two attached hydrogens (primary N) is 4. The summed E-state index contributed by atoms with van der Waals surface area (Å²) in [6, 6.07) is 38.7. The molecular weight excluding hydrogens is 1970 g/mol. The molecule has 0 unspecified atom stereocenters. The Kier molecular flexibility index (Phi) is 36.5. The zero-order chi connectivity index (χ0) is 94.6. The molecule has 5 fully saturated rings. The van der Waals surface area contributed by atoms with Gasteiger partial charge in [0.05, 0.1) is 63.5 Å². The van der Waals surface area contributed by atoms with Crippen LogP contribution in [0.2, 0.25) is 15.5 Å². The van der Waals surface area contributed by atoms with Crippen LogP contribution in [0, 0.1) is 11.8 Å². The van der Waals surface area contributed by atoms with Crippen LogP contribution in [-0.2, 0) is 48.3 Å². The van der Waals surface area contributed by atoms with Crippen LogP contribution in [0.1, 0.15) is 122 Å². The molecule has 12 N–H and O–H groups in total. The van der Waals surface area contributed by atoms with E-state index in [2.05, 4.69) is 117 Å². The topological polar surface area (TPSA) is 478 Å². The van der Waals surface area contributed by atoms with Crippen molar-refractivity contribution in [2.75, 3.05) is 62.7 Å². The first-order valence-corrected chi connectivity index (χ1v) is 47.7. The molecule has 5 saturated heterocycles. The molecule has 0 radical (unpaired) electrons. The number of nitrogen functional groups attached to an aromatic ring is 2. The highest BCUT2D eigenvalue weighted by molar-refractivity contribution is 9.11. The second kappa shape index (κ2) is 45.9. The molecule has 0 saturated carbocycles. The number of hydrogen-bond acceptors (Lipinski definition) is 30. The number of piperidine rings is 2. The van der Waals surface area contributed by atoms with Gasteiger partial charge in [0.1, 0.15) is 73.8 Å². The van der Waals surface area contributed by atoms with E-state index in [0.717, 1.165) is 156 Å². The van der Waals surface area contributed by atoms with Gasteiger partial charge in [0.15, 0.2) is 47.9 Å². The van der Waals surface area contributed by atoms with E-state index in [1.54, 1.807) is 43.8 Å². The minimum atomic E-state index is -3.61. The first-order valence-electron chi connectivity index (χ1n) is 41.1. The van der Waals surface area contributed by atoms with Gasteiger partial charge in [0.2, 0.25) is 0 Å². The van der Waals surface area contributed by atoms with Crippen molar-refractivity contribution in [3.63, 3.8) is 0 Å². The van der Waals surface area contributed by atoms with Crippen LogP contribution in [0.25, 0.3) is 66.9 Å². The van der Waals surface area contributed by atoms with E-state index < -0.39 is 34.4 Å². The van der Waals surface area contributed by atoms with Crippen LogP contribution in [-0.4, -0.2) is 173 Å². The Bertz CT molecular complexity index is 6030. The molecule has 45 heteroatoms. The normalized spacial score (nSPS) is 17.0. The highest BCUT2D eigenvalue weighted by atomic mass is 79.9. The number of phenols is 1. The summed E-state index contributed by atoms with van der Waals surface area (Å²) in [7, 11) is -6.81. The SMILES string of the molecule is Brc1ccc2ncoc2c1.CC1(C)OB(B2OC(C)(C)C(C)(C)O2)OC1(C)C.CC1(C)OB(c2ccc3ncoc3c2)OC1(C)C.COc1cc(Br)ccc1N.Clc1cc(-c2ccc3ncoc3c2)ncn1.Clc1cc(Cl)ncn1.NS(=O)(=O)NCCC1CCN(c2cc(-c3ccc4ncoc4c3)ncn2)CC1.NS(=O)(=O)NCCC1CCNCC1.Nc1ccc(Br)cc1O. The average Bonchev–Trinajstić information content (AvgIpc) is 1.59. The molecular formula is C85H105B3Br3Cl3N18O16S2. The summed E-state index contributed by atoms with van der Waals surface area (Å²) in [5.74, 6) is 2.82. The van der Waals surface area contributed by atoms with Crippen molar-refractivity contribution in [1.82, 2.24) is 64.6 Å². The maximum absolute atomic E-state index is 11.0. The van der Waals surface area contributed by atoms with E-state index in [4.69, 9.17) is 112 Å². The van der Waals surface area contributed by atoms with Crippen LogP contribution in [0.4, 0.5) is 17.2 Å². The maximum atomic E-state index is 11.0. The zero-order valence-electron chi connectivity index (χ0n) is 73.9. The van der Waals surface area contributed by atoms with E-state index in [1.165, 1.54) is 44.3 Å². The largest absolute Gasteiger partial charge is 0.506 e. The van der Waals surface area contributed by atoms with Gasteiger partial charge in [0, 0.05) is 68.9 Å². The number of nitrogens with zero attached hydrogens (tertiary/aromatic N) is 11. The van der Waals surface area contributed by atoms with Crippen molar-refractivity contribution >= 4 is 191 Å². The monoisotopic (exact) mass is 2070 g/mol. The summed E-state index contributed by atoms with van der Waals surface area (Å²) >= 11 is 26.4. The van der Waals surface area contributed by atoms with Crippen molar-refractivity contribution in [3.8, 4) is 34.0 Å². The summed E-state index contributed by atoms with van der Waals surface area (Å²) in [5.41, 5.74) is 20.7. The fourth-order valence-corrected chi connectivity index (χ4v) is 15.3. The third-order valence-electron chi connectivity index (χ3n) is 22.4. The fraction of sp³-hybridized carbons (Fsp3) is 0.388. The molecule has 7 aromatic heterocycles. The Morgan fingerprint density at radius 2 is 0.838 bits per heavy atom. The fourth-order valence-electron chi connectivity index (χ4n) is 13.0. The van der Waals surface area contributed by atoms with Crippen LogP contribution in [0.15, 0.2) is 203 Å². The maximum Gasteiger partial charge on any atom is 0.494 e. The summed E-state index contributed by atoms with van der Waals surface area (Å²) in [5, 5.41) is 23.1. The standard InChI is InChI=1S/C18H22N6O3S.C13H16BNO3.C12H24B2O4.C11H6ClN3O.C7H4BrNO.C7H8BrNO.C7H17N3O2S.C6H6BrNO.C4H2Cl2N2/c19-28(25,26)23-6-3-13-4-7-24(8-5-13)18-10-16(20-11-21-18)14-1-2-15-17(9-14)27-12-22-15;1-12(2)13(3,4)18-14(17-12)9-5-6-10-11(7-9)16-8-15-10;1-9(2)10(3,4)16-13(15-9)14-17-11(5,6)12(7,8)18-14;12-11-4-9(13-5-14-11)7-1-2-8-10(3-7)16-6-15-8;8-5-1-2-6-7(3-5)10-4-9-6;1-10-7-4-5(8)2-3-6(7)9;8-13(11,12)10-6-3-7-1-4-9-5-2-7;7-4-1-2-5(8)6(9)3-4;5-3-1-4(6)8-2-7-3/h1-2,9-13,23H,3-8H2,(H2,19,25,26);5-8H,1-4H3;1-8H3;1-6H;1-4H;2-4H,9H2,1H3;7,9-10H,1-6H2,(H2,8,11,12);1-3,9H,8H2;1-2H. The lowest BCUT2D eigenvalue weighted by atomic mass is 9.49. The van der Waals surface area contributed by atoms with Gasteiger partial charge in [-0.05, 0) is 243 Å². The lowest BCUT2D eigenvalue weighted by molar-refractivity contribution is 0.00578. The van der Waals surface area contributed by atoms with Gasteiger partial charge in [-0.25, -0.2) is 69.6 Å². The van der Waals surface area contributed by atoms with Crippen LogP contribution >= 0.6 is 82.6 Å². The van der Waals surface area contributed by atoms with Crippen molar-refractivity contribution < 1.29 is 72.3 Å². The van der Waals surface area contributed by atoms with E-state index in [1.807, 2.05) is 174 Å². The molecule has 130 heavy (non-hydrogen) atoms. The molecule has 694 valence electrons. The minimum Gasteiger partial charge on any atom is -0.506 e. The molecule has 0 atom stereocenters. The van der Waals surface area contributed by atoms with Crippen LogP contribution in [0.5, 0.6) is 11.5 Å². The van der Waals surface area contributed by atoms with Gasteiger partial charge < -0.3 is 77.1 Å². The predicted octanol–water partition coefficient (Wildman–Crippen LogP) is 16.3. The third-order valence-corrected chi connectivity index (χ3v) is 25.7. The third kappa shape index (κ3) is 30.5. The number of aromatic hydroxyl groups is 1. The number of oxazole rings is 4. The van der Waals surface area contributed by atoms with Gasteiger partial charge in [-0.15, -0.1) is 0 Å². The second-order valence-electron chi connectivity index (χ2n) is 33.3. The molecule has 0 spiro atoms. The van der Waals surface area contributed by atoms with E-state index in [9.17, 15) is 16.8 Å². The van der Waals surface area contributed by atoms with Crippen molar-refractivity contribution in [1.29, 1.82) is 0 Å². The summed E-state index contributed by atoms with van der Waals surface area (Å²) in [6.07, 6.45) is 16.0. The van der Waals surface area contributed by atoms with E-state index >= 15 is 0 Å². The highest BCUT2D eigenvalue weighted by Crippen LogP contribution is 2.44. The quantitative estimate of drug-likeness (QED) is 0.0217. The summed E-state index contributed by atoms with van der Waals surface area (Å²) < 4.78 is 112. The smallest absolute Gasteiger partial charge is 0.494 e. The van der Waals surface area contributed by atoms with Gasteiger partial charge >= 0.3 is 21.1 Å². The Hall–Kier alpha value is -8.60. The second-order valence-corrected chi connectivity index (χ2v) is 39.9. The van der Waals surface area contributed by atoms with Gasteiger partial charge in [-0.2, -0.15) is 16.8 Å². The lowest BCUT2D eigenvalue weighted by Gasteiger charge is -2.32. The van der Waals surface area contributed by atoms with Crippen LogP contribution in [0.3, 0.4) is 0 Å². The number of methoxy groups -OCH3 is 1. The molecule has 34 nitrogen and oxygen atoms in total. The zero-order valence-corrected chi connectivity index (χ0v) is 82.6. The number of benzene rings is 6. The predicted molar refractivity (Wildman–Crippen MR) is 518 cm³/mol. The van der Waals surface area contributed by atoms with E-state index in [-0.39, 0.29) is 46.5 Å². The van der Waals surface area contributed by atoms with Crippen LogP contribution < -0.4 is 51.6 Å². The Morgan fingerprint density at radius 3 is 1.26 bits per heavy atom. The lowest BCUT2D eigenvalue weighted by Crippen LogP contribution is -2.41. The molecule has 5 aliphatic rings. The Morgan fingerprint density at radius 1 is 0.462 bits per heavy atom. The number of hydrogen-bond donors (Lipinski definition) is 8. The van der Waals surface area contributed by atoms with Crippen molar-refractivity contribution in [3.05, 3.63) is 201 Å². The van der Waals surface area contributed by atoms with Gasteiger partial charge in [-0.3, -0.25) is 0 Å². The number of anilines is 3. The molecule has 0 amide bonds. The van der Waals surface area contributed by atoms with E-state index in [0.29, 0.717) is 57.5 Å². The summed E-state index contributed by atoms with van der Waals surface area (Å²) in [4.78, 5) is 42.5. The molecule has 12 heterocycles. The van der Waals surface area contributed by atoms with Gasteiger partial charge in [0.25, 0.3) is 20.4 Å². The Labute approximate surface area is 796 Å². The highest BCUT2D eigenvalue weighted by Gasteiger charge is 2.64. The molecule has 5 aliphatic heterocycles. The van der Waals surface area contributed by atoms with Gasteiger partial charge in [-0.1, -0.05) is 101 Å². The minimum absolute atomic E-state index is 0.115. The molecule has 6 aromatic carbocycles.